The van der Waals surface area contributed by atoms with Crippen LogP contribution in [0, 0.1) is 6.92 Å². The molecule has 0 aromatic heterocycles. The van der Waals surface area contributed by atoms with Crippen molar-refractivity contribution >= 4 is 21.6 Å². The van der Waals surface area contributed by atoms with Gasteiger partial charge in [0.2, 0.25) is 10.0 Å². The predicted molar refractivity (Wildman–Crippen MR) is 104 cm³/mol. The van der Waals surface area contributed by atoms with E-state index in [4.69, 9.17) is 16.3 Å². The largest absolute Gasteiger partial charge is 0.495 e. The van der Waals surface area contributed by atoms with Crippen LogP contribution in [0.4, 0.5) is 0 Å². The van der Waals surface area contributed by atoms with Crippen molar-refractivity contribution in [3.05, 3.63) is 58.6 Å². The lowest BCUT2D eigenvalue weighted by atomic mass is 10.0. The minimum atomic E-state index is -3.65. The van der Waals surface area contributed by atoms with Crippen molar-refractivity contribution in [2.45, 2.75) is 43.5 Å². The van der Waals surface area contributed by atoms with Crippen LogP contribution < -0.4 is 4.74 Å². The van der Waals surface area contributed by atoms with E-state index < -0.39 is 10.0 Å². The first-order valence-corrected chi connectivity index (χ1v) is 10.7. The molecule has 2 aromatic carbocycles. The Kier molecular flexibility index (Phi) is 5.90. The highest BCUT2D eigenvalue weighted by atomic mass is 35.5. The fourth-order valence-corrected chi connectivity index (χ4v) is 5.55. The minimum Gasteiger partial charge on any atom is -0.495 e. The molecule has 1 saturated heterocycles. The third kappa shape index (κ3) is 3.90. The lowest BCUT2D eigenvalue weighted by Gasteiger charge is -2.30. The molecule has 0 saturated carbocycles. The third-order valence-electron chi connectivity index (χ3n) is 4.86. The molecule has 140 valence electrons. The number of methoxy groups -OCH3 is 1. The van der Waals surface area contributed by atoms with Crippen molar-refractivity contribution in [2.75, 3.05) is 13.7 Å². The molecule has 1 atom stereocenters. The van der Waals surface area contributed by atoms with E-state index in [1.165, 1.54) is 13.2 Å². The number of nitrogens with zero attached hydrogens (tertiary/aromatic N) is 1. The summed E-state index contributed by atoms with van der Waals surface area (Å²) in [4.78, 5) is 0.211. The molecule has 0 spiro atoms. The number of hydrogen-bond acceptors (Lipinski definition) is 3. The Hall–Kier alpha value is -1.56. The van der Waals surface area contributed by atoms with Crippen LogP contribution in [0.5, 0.6) is 5.75 Å². The van der Waals surface area contributed by atoms with Gasteiger partial charge in [0.25, 0.3) is 0 Å². The molecule has 1 heterocycles. The maximum Gasteiger partial charge on any atom is 0.243 e. The molecule has 3 rings (SSSR count). The molecular formula is C20H24ClNO3S. The SMILES string of the molecule is COc1ccc(S(=O)(=O)N2CCCCC[C@H]2c2cccc(C)c2)cc1Cl. The number of aryl methyl sites for hydroxylation is 1. The van der Waals surface area contributed by atoms with E-state index in [2.05, 4.69) is 6.07 Å². The smallest absolute Gasteiger partial charge is 0.243 e. The third-order valence-corrected chi connectivity index (χ3v) is 7.06. The second-order valence-electron chi connectivity index (χ2n) is 6.69. The van der Waals surface area contributed by atoms with Gasteiger partial charge in [0.15, 0.2) is 0 Å². The molecule has 0 N–H and O–H groups in total. The first kappa shape index (κ1) is 19.2. The van der Waals surface area contributed by atoms with Crippen molar-refractivity contribution < 1.29 is 13.2 Å². The second kappa shape index (κ2) is 7.99. The Morgan fingerprint density at radius 2 is 1.92 bits per heavy atom. The highest BCUT2D eigenvalue weighted by molar-refractivity contribution is 7.89. The molecule has 2 aromatic rings. The van der Waals surface area contributed by atoms with Crippen LogP contribution in [0.3, 0.4) is 0 Å². The van der Waals surface area contributed by atoms with E-state index in [0.717, 1.165) is 36.8 Å². The summed E-state index contributed by atoms with van der Waals surface area (Å²) in [5, 5.41) is 0.301. The normalized spacial score (nSPS) is 19.1. The Morgan fingerprint density at radius 1 is 1.12 bits per heavy atom. The van der Waals surface area contributed by atoms with E-state index in [1.54, 1.807) is 16.4 Å². The first-order valence-electron chi connectivity index (χ1n) is 8.85. The highest BCUT2D eigenvalue weighted by Crippen LogP contribution is 2.36. The molecule has 1 aliphatic heterocycles. The highest BCUT2D eigenvalue weighted by Gasteiger charge is 2.33. The summed E-state index contributed by atoms with van der Waals surface area (Å²) in [5.74, 6) is 0.469. The average Bonchev–Trinajstić information content (AvgIpc) is 2.88. The lowest BCUT2D eigenvalue weighted by Crippen LogP contribution is -2.34. The van der Waals surface area contributed by atoms with Crippen molar-refractivity contribution in [1.29, 1.82) is 0 Å². The summed E-state index contributed by atoms with van der Waals surface area (Å²) in [5.41, 5.74) is 2.19. The van der Waals surface area contributed by atoms with Gasteiger partial charge in [-0.25, -0.2) is 8.42 Å². The maximum atomic E-state index is 13.4. The number of benzene rings is 2. The maximum absolute atomic E-state index is 13.4. The van der Waals surface area contributed by atoms with Gasteiger partial charge in [-0.15, -0.1) is 0 Å². The van der Waals surface area contributed by atoms with E-state index in [9.17, 15) is 8.42 Å². The molecule has 1 fully saturated rings. The zero-order valence-electron chi connectivity index (χ0n) is 15.1. The summed E-state index contributed by atoms with van der Waals surface area (Å²) < 4.78 is 33.6. The van der Waals surface area contributed by atoms with Gasteiger partial charge >= 0.3 is 0 Å². The molecule has 26 heavy (non-hydrogen) atoms. The van der Waals surface area contributed by atoms with E-state index in [0.29, 0.717) is 17.3 Å². The van der Waals surface area contributed by atoms with Crippen LogP contribution in [-0.2, 0) is 10.0 Å². The van der Waals surface area contributed by atoms with E-state index >= 15 is 0 Å². The predicted octanol–water partition coefficient (Wildman–Crippen LogP) is 4.96. The van der Waals surface area contributed by atoms with E-state index in [-0.39, 0.29) is 10.9 Å². The van der Waals surface area contributed by atoms with Crippen molar-refractivity contribution in [2.24, 2.45) is 0 Å². The summed E-state index contributed by atoms with van der Waals surface area (Å²) in [6, 6.07) is 12.6. The quantitative estimate of drug-likeness (QED) is 0.737. The molecule has 0 radical (unpaired) electrons. The standard InChI is InChI=1S/C20H24ClNO3S/c1-15-7-6-8-16(13-15)19-9-4-3-5-12-22(19)26(23,24)17-10-11-20(25-2)18(21)14-17/h6-8,10-11,13-14,19H,3-5,9,12H2,1-2H3/t19-/m0/s1. The van der Waals surface area contributed by atoms with Crippen LogP contribution >= 0.6 is 11.6 Å². The van der Waals surface area contributed by atoms with Crippen molar-refractivity contribution in [1.82, 2.24) is 4.31 Å². The van der Waals surface area contributed by atoms with Gasteiger partial charge < -0.3 is 4.74 Å². The topological polar surface area (TPSA) is 46.6 Å². The Labute approximate surface area is 160 Å². The molecule has 1 aliphatic rings. The van der Waals surface area contributed by atoms with Gasteiger partial charge in [0.05, 0.1) is 23.1 Å². The Balaban J connectivity index is 2.03. The van der Waals surface area contributed by atoms with Gasteiger partial charge in [0.1, 0.15) is 5.75 Å². The molecule has 0 bridgehead atoms. The number of sulfonamides is 1. The average molecular weight is 394 g/mol. The Morgan fingerprint density at radius 3 is 2.62 bits per heavy atom. The molecular weight excluding hydrogens is 370 g/mol. The minimum absolute atomic E-state index is 0.150. The molecule has 0 amide bonds. The molecule has 0 aliphatic carbocycles. The molecule has 6 heteroatoms. The van der Waals surface area contributed by atoms with Gasteiger partial charge in [-0.2, -0.15) is 4.31 Å². The fraction of sp³-hybridized carbons (Fsp3) is 0.400. The summed E-state index contributed by atoms with van der Waals surface area (Å²) in [6.45, 7) is 2.55. The monoisotopic (exact) mass is 393 g/mol. The van der Waals surface area contributed by atoms with Crippen LogP contribution in [-0.4, -0.2) is 26.4 Å². The summed E-state index contributed by atoms with van der Waals surface area (Å²) >= 11 is 6.17. The van der Waals surface area contributed by atoms with Crippen molar-refractivity contribution in [3.63, 3.8) is 0 Å². The zero-order valence-corrected chi connectivity index (χ0v) is 16.7. The van der Waals surface area contributed by atoms with Crippen LogP contribution in [0.15, 0.2) is 47.4 Å². The zero-order chi connectivity index (χ0) is 18.7. The lowest BCUT2D eigenvalue weighted by molar-refractivity contribution is 0.329. The van der Waals surface area contributed by atoms with Gasteiger partial charge in [0, 0.05) is 6.54 Å². The van der Waals surface area contributed by atoms with E-state index in [1.807, 2.05) is 25.1 Å². The second-order valence-corrected chi connectivity index (χ2v) is 8.99. The first-order chi connectivity index (χ1) is 12.4. The van der Waals surface area contributed by atoms with Crippen LogP contribution in [0.25, 0.3) is 0 Å². The fourth-order valence-electron chi connectivity index (χ4n) is 3.52. The number of rotatable bonds is 4. The molecule has 0 unspecified atom stereocenters. The van der Waals surface area contributed by atoms with Gasteiger partial charge in [-0.1, -0.05) is 54.3 Å². The number of halogens is 1. The van der Waals surface area contributed by atoms with Crippen molar-refractivity contribution in [3.8, 4) is 5.75 Å². The number of hydrogen-bond donors (Lipinski definition) is 0. The van der Waals surface area contributed by atoms with Crippen LogP contribution in [0.2, 0.25) is 5.02 Å². The van der Waals surface area contributed by atoms with Gasteiger partial charge in [-0.3, -0.25) is 0 Å². The van der Waals surface area contributed by atoms with Gasteiger partial charge in [-0.05, 0) is 43.5 Å². The number of ether oxygens (including phenoxy) is 1. The van der Waals surface area contributed by atoms with Crippen LogP contribution in [0.1, 0.15) is 42.9 Å². The summed E-state index contributed by atoms with van der Waals surface area (Å²) in [6.07, 6.45) is 3.75. The Bertz CT molecular complexity index is 882. The summed E-state index contributed by atoms with van der Waals surface area (Å²) in [7, 11) is -2.14. The molecule has 4 nitrogen and oxygen atoms in total.